The molecular weight excluding hydrogens is 659 g/mol. The van der Waals surface area contributed by atoms with Gasteiger partial charge in [-0.3, -0.25) is 19.4 Å². The monoisotopic (exact) mass is 693 g/mol. The Morgan fingerprint density at radius 1 is 0.681 bits per heavy atom. The van der Waals surface area contributed by atoms with Gasteiger partial charge in [-0.25, -0.2) is 21.8 Å². The maximum absolute atomic E-state index is 13.1. The molecular formula is C33H35N5O6S3. The van der Waals surface area contributed by atoms with E-state index in [0.717, 1.165) is 11.1 Å². The number of hydrogen-bond acceptors (Lipinski definition) is 10. The fourth-order valence-electron chi connectivity index (χ4n) is 5.44. The van der Waals surface area contributed by atoms with E-state index < -0.39 is 19.7 Å². The van der Waals surface area contributed by atoms with Crippen LogP contribution in [0.4, 0.5) is 11.4 Å². The Balaban J connectivity index is 1.02. The van der Waals surface area contributed by atoms with Crippen molar-refractivity contribution >= 4 is 54.2 Å². The summed E-state index contributed by atoms with van der Waals surface area (Å²) in [5.41, 5.74) is 5.10. The fourth-order valence-corrected chi connectivity index (χ4v) is 8.71. The molecule has 2 fully saturated rings. The number of anilines is 2. The van der Waals surface area contributed by atoms with Crippen LogP contribution in [0.3, 0.4) is 0 Å². The summed E-state index contributed by atoms with van der Waals surface area (Å²) in [4.78, 5) is 34.7. The van der Waals surface area contributed by atoms with Crippen LogP contribution in [0.15, 0.2) is 78.2 Å². The van der Waals surface area contributed by atoms with Crippen LogP contribution in [0.2, 0.25) is 0 Å². The van der Waals surface area contributed by atoms with E-state index in [1.807, 2.05) is 54.6 Å². The number of nitrogens with one attached hydrogen (secondary N) is 2. The van der Waals surface area contributed by atoms with E-state index in [4.69, 9.17) is 0 Å². The lowest BCUT2D eigenvalue weighted by atomic mass is 10.1. The molecule has 2 saturated heterocycles. The molecule has 2 amide bonds. The summed E-state index contributed by atoms with van der Waals surface area (Å²) in [6.07, 6.45) is 0. The highest BCUT2D eigenvalue weighted by Crippen LogP contribution is 2.25. The van der Waals surface area contributed by atoms with Gasteiger partial charge in [-0.1, -0.05) is 36.4 Å². The van der Waals surface area contributed by atoms with E-state index in [9.17, 15) is 26.4 Å². The highest BCUT2D eigenvalue weighted by Gasteiger charge is 2.22. The molecule has 2 aliphatic heterocycles. The summed E-state index contributed by atoms with van der Waals surface area (Å²) in [6, 6.07) is 22.1. The van der Waals surface area contributed by atoms with Crippen LogP contribution < -0.4 is 10.6 Å². The van der Waals surface area contributed by atoms with Gasteiger partial charge in [-0.05, 0) is 47.5 Å². The van der Waals surface area contributed by atoms with E-state index in [1.165, 1.54) is 11.3 Å². The number of thiazole rings is 1. The number of carbonyl (C=O) groups is 2. The van der Waals surface area contributed by atoms with Crippen molar-refractivity contribution in [2.24, 2.45) is 0 Å². The van der Waals surface area contributed by atoms with Crippen LogP contribution in [0.25, 0.3) is 11.3 Å². The van der Waals surface area contributed by atoms with Gasteiger partial charge in [0.1, 0.15) is 0 Å². The molecule has 0 saturated carbocycles. The molecule has 14 heteroatoms. The van der Waals surface area contributed by atoms with Crippen LogP contribution in [0, 0.1) is 0 Å². The quantitative estimate of drug-likeness (QED) is 0.268. The number of aromatic nitrogens is 1. The average Bonchev–Trinajstić information content (AvgIpc) is 3.56. The van der Waals surface area contributed by atoms with Gasteiger partial charge >= 0.3 is 0 Å². The molecule has 47 heavy (non-hydrogen) atoms. The third-order valence-corrected chi connectivity index (χ3v) is 12.3. The Morgan fingerprint density at radius 2 is 1.17 bits per heavy atom. The van der Waals surface area contributed by atoms with Gasteiger partial charge in [0.25, 0.3) is 11.8 Å². The second-order valence-corrected chi connectivity index (χ2v) is 17.2. The summed E-state index contributed by atoms with van der Waals surface area (Å²) in [5, 5.41) is 7.87. The van der Waals surface area contributed by atoms with Gasteiger partial charge in [-0.15, -0.1) is 11.3 Å². The van der Waals surface area contributed by atoms with E-state index in [1.54, 1.807) is 23.6 Å². The zero-order valence-electron chi connectivity index (χ0n) is 25.6. The zero-order valence-corrected chi connectivity index (χ0v) is 28.0. The molecule has 0 spiro atoms. The molecule has 4 aromatic rings. The summed E-state index contributed by atoms with van der Waals surface area (Å²) in [5.74, 6) is 0.124. The minimum absolute atomic E-state index is 0.183. The van der Waals surface area contributed by atoms with Crippen molar-refractivity contribution in [3.8, 4) is 11.3 Å². The van der Waals surface area contributed by atoms with E-state index >= 15 is 0 Å². The largest absolute Gasteiger partial charge is 0.322 e. The molecule has 0 aliphatic carbocycles. The van der Waals surface area contributed by atoms with Gasteiger partial charge in [0.05, 0.1) is 28.7 Å². The predicted molar refractivity (Wildman–Crippen MR) is 184 cm³/mol. The minimum Gasteiger partial charge on any atom is -0.322 e. The molecule has 0 radical (unpaired) electrons. The molecule has 2 N–H and O–H groups in total. The topological polar surface area (TPSA) is 146 Å². The molecule has 6 rings (SSSR count). The maximum atomic E-state index is 13.1. The van der Waals surface area contributed by atoms with Crippen LogP contribution in [-0.2, 0) is 32.8 Å². The third-order valence-electron chi connectivity index (χ3n) is 8.23. The van der Waals surface area contributed by atoms with Crippen LogP contribution >= 0.6 is 11.3 Å². The Bertz CT molecular complexity index is 1950. The predicted octanol–water partition coefficient (Wildman–Crippen LogP) is 3.78. The lowest BCUT2D eigenvalue weighted by molar-refractivity contribution is 0.101. The highest BCUT2D eigenvalue weighted by atomic mass is 32.2. The summed E-state index contributed by atoms with van der Waals surface area (Å²) < 4.78 is 46.7. The smallest absolute Gasteiger partial charge is 0.284 e. The zero-order chi connectivity index (χ0) is 33.0. The van der Waals surface area contributed by atoms with Crippen molar-refractivity contribution in [1.82, 2.24) is 14.8 Å². The van der Waals surface area contributed by atoms with E-state index in [0.29, 0.717) is 72.5 Å². The van der Waals surface area contributed by atoms with Gasteiger partial charge < -0.3 is 10.6 Å². The van der Waals surface area contributed by atoms with Crippen molar-refractivity contribution in [2.75, 3.05) is 59.8 Å². The Morgan fingerprint density at radius 3 is 1.68 bits per heavy atom. The van der Waals surface area contributed by atoms with Crippen molar-refractivity contribution in [1.29, 1.82) is 0 Å². The van der Waals surface area contributed by atoms with Crippen LogP contribution in [0.1, 0.15) is 31.3 Å². The number of carbonyl (C=O) groups excluding carboxylic acids is 2. The van der Waals surface area contributed by atoms with Crippen molar-refractivity contribution in [2.45, 2.75) is 13.1 Å². The van der Waals surface area contributed by atoms with Gasteiger partial charge in [0, 0.05) is 67.2 Å². The Kier molecular flexibility index (Phi) is 9.85. The lowest BCUT2D eigenvalue weighted by Gasteiger charge is -2.26. The van der Waals surface area contributed by atoms with Crippen molar-refractivity contribution in [3.63, 3.8) is 0 Å². The van der Waals surface area contributed by atoms with Crippen LogP contribution in [-0.4, -0.2) is 92.6 Å². The van der Waals surface area contributed by atoms with E-state index in [2.05, 4.69) is 25.4 Å². The molecule has 1 aromatic heterocycles. The molecule has 2 aliphatic rings. The Hall–Kier alpha value is -3.95. The third kappa shape index (κ3) is 8.90. The first-order valence-electron chi connectivity index (χ1n) is 15.2. The van der Waals surface area contributed by atoms with E-state index in [-0.39, 0.29) is 34.8 Å². The van der Waals surface area contributed by atoms with Crippen molar-refractivity contribution < 1.29 is 26.4 Å². The molecule has 0 unspecified atom stereocenters. The highest BCUT2D eigenvalue weighted by molar-refractivity contribution is 7.91. The average molecular weight is 694 g/mol. The number of amides is 2. The summed E-state index contributed by atoms with van der Waals surface area (Å²) in [7, 11) is -5.84. The normalized spacial score (nSPS) is 18.0. The van der Waals surface area contributed by atoms with Gasteiger partial charge in [0.15, 0.2) is 24.7 Å². The summed E-state index contributed by atoms with van der Waals surface area (Å²) >= 11 is 1.22. The molecule has 246 valence electrons. The van der Waals surface area contributed by atoms with Gasteiger partial charge in [-0.2, -0.15) is 0 Å². The van der Waals surface area contributed by atoms with Gasteiger partial charge in [0.2, 0.25) is 0 Å². The molecule has 0 bridgehead atoms. The number of benzene rings is 3. The second kappa shape index (κ2) is 14.0. The molecule has 3 aromatic carbocycles. The number of sulfone groups is 2. The first-order chi connectivity index (χ1) is 22.5. The first-order valence-corrected chi connectivity index (χ1v) is 19.7. The number of nitrogens with zero attached hydrogens (tertiary/aromatic N) is 3. The summed E-state index contributed by atoms with van der Waals surface area (Å²) in [6.45, 7) is 3.39. The number of rotatable bonds is 9. The molecule has 3 heterocycles. The lowest BCUT2D eigenvalue weighted by Crippen LogP contribution is -2.39. The first kappa shape index (κ1) is 33.0. The fraction of sp³-hybridized carbons (Fsp3) is 0.303. The standard InChI is InChI=1S/C33H35N5O6S3/c39-31(34-28-8-4-24(5-9-28)21-37-12-16-46(41,42)17-13-37)27-3-1-2-26(20-27)30-23-45-33(36-30)32(40)35-29-10-6-25(7-11-29)22-38-14-18-47(43,44)19-15-38/h1-11,20,23H,12-19,21-22H2,(H,34,39)(H,35,40). The SMILES string of the molecule is O=C(Nc1ccc(CN2CCS(=O)(=O)CC2)cc1)c1cccc(-c2csc(C(=O)Nc3ccc(CN4CCS(=O)(=O)CC4)cc3)n2)c1. The maximum Gasteiger partial charge on any atom is 0.284 e. The van der Waals surface area contributed by atoms with Crippen LogP contribution in [0.5, 0.6) is 0 Å². The van der Waals surface area contributed by atoms with Crippen molar-refractivity contribution in [3.05, 3.63) is 99.9 Å². The molecule has 11 nitrogen and oxygen atoms in total. The number of hydrogen-bond donors (Lipinski definition) is 2. The second-order valence-electron chi connectivity index (χ2n) is 11.8. The Labute approximate surface area is 278 Å². The molecule has 0 atom stereocenters. The minimum atomic E-state index is -2.92.